The summed E-state index contributed by atoms with van der Waals surface area (Å²) in [4.78, 5) is 73.2. The maximum absolute atomic E-state index is 13.1. The highest BCUT2D eigenvalue weighted by Crippen LogP contribution is 2.45. The number of hydrogen-bond donors (Lipinski definition) is 3. The molecule has 612 valence electrons. The molecule has 0 amide bonds. The molecule has 0 spiro atoms. The van der Waals surface area contributed by atoms with E-state index in [0.717, 1.165) is 102 Å². The Balaban J connectivity index is 5.25. The molecule has 7 atom stereocenters. The van der Waals surface area contributed by atoms with Crippen LogP contribution in [-0.4, -0.2) is 96.7 Å². The van der Waals surface area contributed by atoms with E-state index in [2.05, 4.69) is 41.5 Å². The van der Waals surface area contributed by atoms with Gasteiger partial charge in [-0.25, -0.2) is 9.13 Å². The molecule has 19 heteroatoms. The highest BCUT2D eigenvalue weighted by Gasteiger charge is 2.30. The molecular formula is C84H164O17P2. The molecule has 4 unspecified atom stereocenters. The summed E-state index contributed by atoms with van der Waals surface area (Å²) in [6.45, 7) is 9.68. The van der Waals surface area contributed by atoms with Crippen molar-refractivity contribution in [3.8, 4) is 0 Å². The van der Waals surface area contributed by atoms with E-state index in [1.807, 2.05) is 0 Å². The van der Waals surface area contributed by atoms with Crippen molar-refractivity contribution in [1.29, 1.82) is 0 Å². The van der Waals surface area contributed by atoms with E-state index in [-0.39, 0.29) is 25.7 Å². The average molecular weight is 1510 g/mol. The third-order valence-corrected chi connectivity index (χ3v) is 22.3. The summed E-state index contributed by atoms with van der Waals surface area (Å²) in [6, 6.07) is 0. The van der Waals surface area contributed by atoms with E-state index in [1.54, 1.807) is 0 Å². The minimum Gasteiger partial charge on any atom is -0.462 e. The Morgan fingerprint density at radius 1 is 0.272 bits per heavy atom. The summed E-state index contributed by atoms with van der Waals surface area (Å²) < 4.78 is 68.9. The zero-order valence-corrected chi connectivity index (χ0v) is 69.4. The molecule has 0 bridgehead atoms. The summed E-state index contributed by atoms with van der Waals surface area (Å²) in [7, 11) is -9.93. The number of carbonyl (C=O) groups excluding carboxylic acids is 4. The second-order valence-corrected chi connectivity index (χ2v) is 33.6. The molecular weight excluding hydrogens is 1340 g/mol. The first-order valence-electron chi connectivity index (χ1n) is 43.6. The lowest BCUT2D eigenvalue weighted by atomic mass is 9.99. The van der Waals surface area contributed by atoms with Gasteiger partial charge < -0.3 is 33.8 Å². The number of hydrogen-bond acceptors (Lipinski definition) is 15. The quantitative estimate of drug-likeness (QED) is 0.0222. The lowest BCUT2D eigenvalue weighted by molar-refractivity contribution is -0.161. The van der Waals surface area contributed by atoms with Crippen LogP contribution < -0.4 is 0 Å². The fraction of sp³-hybridized carbons (Fsp3) is 0.952. The molecule has 3 N–H and O–H groups in total. The molecule has 0 aliphatic carbocycles. The number of phosphoric ester groups is 2. The van der Waals surface area contributed by atoms with Crippen molar-refractivity contribution in [3.05, 3.63) is 0 Å². The van der Waals surface area contributed by atoms with Crippen molar-refractivity contribution < 1.29 is 80.2 Å². The Kier molecular flexibility index (Phi) is 74.1. The number of ether oxygens (including phenoxy) is 4. The average Bonchev–Trinajstić information content (AvgIpc) is 2.38. The Labute approximate surface area is 632 Å². The molecule has 0 aromatic rings. The van der Waals surface area contributed by atoms with Gasteiger partial charge in [-0.2, -0.15) is 0 Å². The van der Waals surface area contributed by atoms with Crippen molar-refractivity contribution in [2.24, 2.45) is 11.8 Å². The van der Waals surface area contributed by atoms with E-state index >= 15 is 0 Å². The number of carbonyl (C=O) groups is 4. The minimum absolute atomic E-state index is 0.106. The minimum atomic E-state index is -4.96. The molecule has 0 saturated carbocycles. The van der Waals surface area contributed by atoms with Gasteiger partial charge in [0, 0.05) is 25.7 Å². The smallest absolute Gasteiger partial charge is 0.462 e. The van der Waals surface area contributed by atoms with Crippen LogP contribution in [-0.2, 0) is 65.4 Å². The molecule has 0 aliphatic rings. The monoisotopic (exact) mass is 1510 g/mol. The van der Waals surface area contributed by atoms with Crippen molar-refractivity contribution in [3.63, 3.8) is 0 Å². The summed E-state index contributed by atoms with van der Waals surface area (Å²) in [5.74, 6) is -0.525. The Morgan fingerprint density at radius 3 is 0.689 bits per heavy atom. The first kappa shape index (κ1) is 101. The third kappa shape index (κ3) is 75.3. The third-order valence-electron chi connectivity index (χ3n) is 20.4. The number of phosphoric acid groups is 2. The molecule has 0 rings (SSSR count). The molecule has 0 aliphatic heterocycles. The zero-order chi connectivity index (χ0) is 75.6. The van der Waals surface area contributed by atoms with Gasteiger partial charge in [-0.1, -0.05) is 395 Å². The van der Waals surface area contributed by atoms with Crippen LogP contribution in [0.2, 0.25) is 0 Å². The van der Waals surface area contributed by atoms with E-state index in [4.69, 9.17) is 37.0 Å². The molecule has 0 radical (unpaired) electrons. The van der Waals surface area contributed by atoms with Crippen molar-refractivity contribution in [2.45, 2.75) is 464 Å². The Hall–Kier alpha value is -1.94. The second kappa shape index (κ2) is 75.5. The van der Waals surface area contributed by atoms with Crippen LogP contribution >= 0.6 is 15.6 Å². The van der Waals surface area contributed by atoms with Crippen molar-refractivity contribution >= 4 is 39.5 Å². The van der Waals surface area contributed by atoms with E-state index in [0.29, 0.717) is 25.7 Å². The number of aliphatic hydroxyl groups excluding tert-OH is 1. The van der Waals surface area contributed by atoms with Gasteiger partial charge in [0.25, 0.3) is 0 Å². The number of aliphatic hydroxyl groups is 1. The van der Waals surface area contributed by atoms with Crippen LogP contribution in [0.5, 0.6) is 0 Å². The van der Waals surface area contributed by atoms with Gasteiger partial charge in [0.05, 0.1) is 26.4 Å². The summed E-state index contributed by atoms with van der Waals surface area (Å²) in [5, 5.41) is 10.7. The van der Waals surface area contributed by atoms with Gasteiger partial charge in [-0.3, -0.25) is 37.3 Å². The van der Waals surface area contributed by atoms with Crippen LogP contribution in [0, 0.1) is 11.8 Å². The second-order valence-electron chi connectivity index (χ2n) is 30.7. The topological polar surface area (TPSA) is 237 Å². The summed E-state index contributed by atoms with van der Waals surface area (Å²) in [6.07, 6.45) is 66.5. The maximum Gasteiger partial charge on any atom is 0.472 e. The fourth-order valence-corrected chi connectivity index (χ4v) is 14.6. The SMILES string of the molecule is CCCCCCCCCCCCCCCCCCCCCCCC(=O)O[C@H](COC(=O)CCCCCCCCCCCCCCCCCC)COP(=O)(O)OC[C@@H](O)COP(=O)(O)OC[C@@H](COC(=O)CCCCCCCCCCC(C)CC)OC(=O)CCCCCCCCCCCCC(C)CC. The molecule has 0 aromatic heterocycles. The number of rotatable bonds is 83. The van der Waals surface area contributed by atoms with Crippen LogP contribution in [0.25, 0.3) is 0 Å². The van der Waals surface area contributed by atoms with Crippen LogP contribution in [0.15, 0.2) is 0 Å². The molecule has 17 nitrogen and oxygen atoms in total. The van der Waals surface area contributed by atoms with Crippen LogP contribution in [0.1, 0.15) is 446 Å². The van der Waals surface area contributed by atoms with Crippen LogP contribution in [0.4, 0.5) is 0 Å². The maximum atomic E-state index is 13.1. The summed E-state index contributed by atoms with van der Waals surface area (Å²) >= 11 is 0. The first-order valence-corrected chi connectivity index (χ1v) is 46.6. The van der Waals surface area contributed by atoms with Gasteiger partial charge >= 0.3 is 39.5 Å². The summed E-state index contributed by atoms with van der Waals surface area (Å²) in [5.41, 5.74) is 0. The zero-order valence-electron chi connectivity index (χ0n) is 67.6. The van der Waals surface area contributed by atoms with Gasteiger partial charge in [0.1, 0.15) is 19.3 Å². The molecule has 0 aromatic carbocycles. The number of esters is 4. The van der Waals surface area contributed by atoms with Gasteiger partial charge in [0.2, 0.25) is 0 Å². The van der Waals surface area contributed by atoms with Gasteiger partial charge in [0.15, 0.2) is 12.2 Å². The largest absolute Gasteiger partial charge is 0.472 e. The van der Waals surface area contributed by atoms with Crippen molar-refractivity contribution in [2.75, 3.05) is 39.6 Å². The van der Waals surface area contributed by atoms with Gasteiger partial charge in [-0.05, 0) is 37.5 Å². The van der Waals surface area contributed by atoms with E-state index in [1.165, 1.54) is 263 Å². The molecule has 0 saturated heterocycles. The van der Waals surface area contributed by atoms with Gasteiger partial charge in [-0.15, -0.1) is 0 Å². The van der Waals surface area contributed by atoms with Crippen LogP contribution in [0.3, 0.4) is 0 Å². The highest BCUT2D eigenvalue weighted by atomic mass is 31.2. The lowest BCUT2D eigenvalue weighted by Crippen LogP contribution is -2.30. The van der Waals surface area contributed by atoms with E-state index in [9.17, 15) is 43.2 Å². The van der Waals surface area contributed by atoms with Crippen molar-refractivity contribution in [1.82, 2.24) is 0 Å². The highest BCUT2D eigenvalue weighted by molar-refractivity contribution is 7.47. The fourth-order valence-electron chi connectivity index (χ4n) is 13.0. The predicted molar refractivity (Wildman–Crippen MR) is 423 cm³/mol. The Morgan fingerprint density at radius 2 is 0.466 bits per heavy atom. The lowest BCUT2D eigenvalue weighted by Gasteiger charge is -2.21. The predicted octanol–water partition coefficient (Wildman–Crippen LogP) is 25.5. The molecule has 0 fully saturated rings. The number of unbranched alkanes of at least 4 members (excludes halogenated alkanes) is 51. The normalized spacial score (nSPS) is 14.4. The molecule has 0 heterocycles. The Bertz CT molecular complexity index is 1980. The standard InChI is InChI=1S/C84H164O17P2/c1-7-11-13-15-17-19-21-23-25-27-28-29-30-31-33-35-37-42-50-56-62-68-83(88)100-79(72-94-81(86)66-60-54-48-41-36-34-32-26-24-22-20-18-16-14-12-8-2)74-98-102(90,91)96-70-78(85)71-97-103(92,93)99-75-80(73-95-82(87)67-61-55-49-45-44-47-53-59-65-77(6)10-4)101-84(89)69-63-57-51-43-39-38-40-46-52-58-64-76(5)9-3/h76-80,85H,7-75H2,1-6H3,(H,90,91)(H,92,93)/t76?,77?,78-,79-,80-/m1/s1. The molecule has 103 heavy (non-hydrogen) atoms. The van der Waals surface area contributed by atoms with E-state index < -0.39 is 97.5 Å². The first-order chi connectivity index (χ1) is 49.9.